The lowest BCUT2D eigenvalue weighted by Gasteiger charge is -2.29. The first-order valence-electron chi connectivity index (χ1n) is 8.12. The van der Waals surface area contributed by atoms with Crippen molar-refractivity contribution in [3.05, 3.63) is 0 Å². The highest BCUT2D eigenvalue weighted by Crippen LogP contribution is 2.48. The van der Waals surface area contributed by atoms with Crippen LogP contribution in [0.5, 0.6) is 0 Å². The Morgan fingerprint density at radius 1 is 1.17 bits per heavy atom. The fraction of sp³-hybridized carbons (Fsp3) is 0.875. The fourth-order valence-electron chi connectivity index (χ4n) is 1.65. The van der Waals surface area contributed by atoms with Gasteiger partial charge in [0.05, 0.1) is 13.7 Å². The number of hydrogen-bond acceptors (Lipinski definition) is 6. The van der Waals surface area contributed by atoms with Crippen LogP contribution in [0.3, 0.4) is 0 Å². The minimum Gasteiger partial charge on any atom is -0.468 e. The van der Waals surface area contributed by atoms with Crippen molar-refractivity contribution in [1.82, 2.24) is 5.09 Å². The number of nitrogens with one attached hydrogen (secondary N) is 1. The predicted octanol–water partition coefficient (Wildman–Crippen LogP) is 3.70. The summed E-state index contributed by atoms with van der Waals surface area (Å²) in [5.41, 5.74) is -0.718. The molecule has 0 radical (unpaired) electrons. The second-order valence-corrected chi connectivity index (χ2v) is 11.1. The van der Waals surface area contributed by atoms with Gasteiger partial charge < -0.3 is 9.26 Å². The van der Waals surface area contributed by atoms with Gasteiger partial charge in [0.25, 0.3) is 7.52 Å². The summed E-state index contributed by atoms with van der Waals surface area (Å²) in [6, 6.07) is -0.702. The standard InChI is InChI=1S/C16H32NO5PS/c1-11(2)13(14(18)21-8)17-23(20,12(3)4)22-9-10-24-15(19)16(5,6)7/h11-13H,9-10H2,1-8H3,(H,17,20)/t13-,23?/m0/s1. The molecule has 0 saturated carbocycles. The lowest BCUT2D eigenvalue weighted by molar-refractivity contribution is -0.143. The zero-order valence-corrected chi connectivity index (χ0v) is 17.8. The van der Waals surface area contributed by atoms with E-state index in [1.165, 1.54) is 18.9 Å². The summed E-state index contributed by atoms with van der Waals surface area (Å²) in [4.78, 5) is 23.8. The summed E-state index contributed by atoms with van der Waals surface area (Å²) >= 11 is 1.17. The molecule has 0 amide bonds. The zero-order chi connectivity index (χ0) is 19.1. The molecule has 0 aliphatic rings. The number of carbonyl (C=O) groups is 2. The third kappa shape index (κ3) is 7.68. The van der Waals surface area contributed by atoms with Gasteiger partial charge in [0.15, 0.2) is 5.12 Å². The first-order valence-corrected chi connectivity index (χ1v) is 10.8. The van der Waals surface area contributed by atoms with Crippen molar-refractivity contribution < 1.29 is 23.4 Å². The van der Waals surface area contributed by atoms with Gasteiger partial charge in [0, 0.05) is 16.8 Å². The molecule has 24 heavy (non-hydrogen) atoms. The highest BCUT2D eigenvalue weighted by molar-refractivity contribution is 8.13. The second-order valence-electron chi connectivity index (χ2n) is 7.28. The summed E-state index contributed by atoms with van der Waals surface area (Å²) in [6.45, 7) is 13.0. The second kappa shape index (κ2) is 9.95. The lowest BCUT2D eigenvalue weighted by Crippen LogP contribution is -2.41. The molecule has 142 valence electrons. The van der Waals surface area contributed by atoms with E-state index in [9.17, 15) is 14.2 Å². The van der Waals surface area contributed by atoms with Crippen LogP contribution in [0.15, 0.2) is 0 Å². The van der Waals surface area contributed by atoms with Crippen LogP contribution in [0.1, 0.15) is 48.5 Å². The number of hydrogen-bond donors (Lipinski definition) is 1. The van der Waals surface area contributed by atoms with Crippen molar-refractivity contribution in [1.29, 1.82) is 0 Å². The molecule has 0 aliphatic carbocycles. The molecule has 0 aromatic rings. The summed E-state index contributed by atoms with van der Waals surface area (Å²) in [7, 11) is -1.94. The van der Waals surface area contributed by atoms with E-state index in [1.807, 2.05) is 34.6 Å². The quantitative estimate of drug-likeness (QED) is 0.370. The SMILES string of the molecule is COC(=O)[C@@H](NP(=O)(OCCSC(=O)C(C)(C)C)C(C)C)C(C)C. The van der Waals surface area contributed by atoms with Gasteiger partial charge in [-0.1, -0.05) is 60.2 Å². The van der Waals surface area contributed by atoms with Crippen LogP contribution < -0.4 is 5.09 Å². The van der Waals surface area contributed by atoms with Crippen LogP contribution in [0.2, 0.25) is 0 Å². The van der Waals surface area contributed by atoms with E-state index >= 15 is 0 Å². The molecule has 1 N–H and O–H groups in total. The third-order valence-electron chi connectivity index (χ3n) is 3.33. The molecule has 6 nitrogen and oxygen atoms in total. The van der Waals surface area contributed by atoms with Crippen molar-refractivity contribution in [3.8, 4) is 0 Å². The normalized spacial score (nSPS) is 16.1. The summed E-state index contributed by atoms with van der Waals surface area (Å²) in [5.74, 6) is -0.143. The van der Waals surface area contributed by atoms with Crippen molar-refractivity contribution in [3.63, 3.8) is 0 Å². The Morgan fingerprint density at radius 3 is 2.08 bits per heavy atom. The highest BCUT2D eigenvalue weighted by atomic mass is 32.2. The van der Waals surface area contributed by atoms with Gasteiger partial charge in [-0.05, 0) is 5.92 Å². The molecule has 0 aliphatic heterocycles. The molecule has 0 saturated heterocycles. The maximum Gasteiger partial charge on any atom is 0.323 e. The van der Waals surface area contributed by atoms with Crippen LogP contribution in [0.4, 0.5) is 0 Å². The molecule has 0 aromatic carbocycles. The molecule has 0 fully saturated rings. The average molecular weight is 381 g/mol. The Kier molecular flexibility index (Phi) is 9.80. The Morgan fingerprint density at radius 2 is 1.71 bits per heavy atom. The van der Waals surface area contributed by atoms with Crippen molar-refractivity contribution in [2.45, 2.75) is 60.2 Å². The Labute approximate surface area is 150 Å². The predicted molar refractivity (Wildman–Crippen MR) is 99.4 cm³/mol. The van der Waals surface area contributed by atoms with Gasteiger partial charge in [0.2, 0.25) is 0 Å². The molecule has 1 unspecified atom stereocenters. The number of rotatable bonds is 9. The van der Waals surface area contributed by atoms with E-state index < -0.39 is 24.9 Å². The molecule has 8 heteroatoms. The minimum absolute atomic E-state index is 0.0630. The number of esters is 1. The molecular weight excluding hydrogens is 349 g/mol. The largest absolute Gasteiger partial charge is 0.468 e. The fourth-order valence-corrected chi connectivity index (χ4v) is 4.39. The number of ether oxygens (including phenoxy) is 1. The van der Waals surface area contributed by atoms with Crippen molar-refractivity contribution in [2.75, 3.05) is 19.5 Å². The van der Waals surface area contributed by atoms with E-state index in [4.69, 9.17) is 9.26 Å². The third-order valence-corrected chi connectivity index (χ3v) is 7.14. The number of methoxy groups -OCH3 is 1. The maximum atomic E-state index is 13.1. The van der Waals surface area contributed by atoms with Crippen LogP contribution in [-0.2, 0) is 23.4 Å². The Hall–Kier alpha value is -0.360. The highest BCUT2D eigenvalue weighted by Gasteiger charge is 2.35. The lowest BCUT2D eigenvalue weighted by atomic mass is 10.00. The van der Waals surface area contributed by atoms with Gasteiger partial charge in [-0.25, -0.2) is 5.09 Å². The first-order chi connectivity index (χ1) is 10.8. The maximum absolute atomic E-state index is 13.1. The van der Waals surface area contributed by atoms with Crippen LogP contribution in [-0.4, -0.2) is 42.3 Å². The van der Waals surface area contributed by atoms with Crippen molar-refractivity contribution in [2.24, 2.45) is 11.3 Å². The topological polar surface area (TPSA) is 81.7 Å². The summed E-state index contributed by atoms with van der Waals surface area (Å²) < 4.78 is 23.4. The van der Waals surface area contributed by atoms with E-state index in [2.05, 4.69) is 5.09 Å². The molecule has 0 aromatic heterocycles. The first kappa shape index (κ1) is 23.6. The van der Waals surface area contributed by atoms with E-state index in [1.54, 1.807) is 13.8 Å². The molecular formula is C16H32NO5PS. The van der Waals surface area contributed by atoms with Gasteiger partial charge in [0.1, 0.15) is 6.04 Å². The number of carbonyl (C=O) groups excluding carboxylic acids is 2. The smallest absolute Gasteiger partial charge is 0.323 e. The molecule has 0 bridgehead atoms. The molecule has 0 rings (SSSR count). The van der Waals surface area contributed by atoms with Gasteiger partial charge in [-0.2, -0.15) is 0 Å². The summed E-state index contributed by atoms with van der Waals surface area (Å²) in [5, 5.41) is 2.93. The zero-order valence-electron chi connectivity index (χ0n) is 16.0. The van der Waals surface area contributed by atoms with Gasteiger partial charge in [-0.3, -0.25) is 14.2 Å². The van der Waals surface area contributed by atoms with Crippen molar-refractivity contribution >= 4 is 30.4 Å². The van der Waals surface area contributed by atoms with Crippen LogP contribution >= 0.6 is 19.3 Å². The summed E-state index contributed by atoms with van der Waals surface area (Å²) in [6.07, 6.45) is 0. The van der Waals surface area contributed by atoms with Gasteiger partial charge in [-0.15, -0.1) is 0 Å². The Balaban J connectivity index is 4.80. The Bertz CT molecular complexity index is 474. The van der Waals surface area contributed by atoms with E-state index in [0.717, 1.165) is 0 Å². The van der Waals surface area contributed by atoms with E-state index in [0.29, 0.717) is 5.75 Å². The van der Waals surface area contributed by atoms with Gasteiger partial charge >= 0.3 is 5.97 Å². The van der Waals surface area contributed by atoms with E-state index in [-0.39, 0.29) is 23.3 Å². The van der Waals surface area contributed by atoms with Crippen LogP contribution in [0, 0.1) is 11.3 Å². The monoisotopic (exact) mass is 381 g/mol. The minimum atomic E-state index is -3.24. The number of thioether (sulfide) groups is 1. The molecule has 0 spiro atoms. The average Bonchev–Trinajstić information content (AvgIpc) is 2.46. The van der Waals surface area contributed by atoms with Crippen LogP contribution in [0.25, 0.3) is 0 Å². The molecule has 0 heterocycles. The molecule has 2 atom stereocenters.